The maximum Gasteiger partial charge on any atom is 0.221 e. The van der Waals surface area contributed by atoms with Gasteiger partial charge in [-0.3, -0.25) is 4.79 Å². The number of nitrogens with two attached hydrogens (primary N) is 1. The van der Waals surface area contributed by atoms with Crippen LogP contribution < -0.4 is 5.73 Å². The van der Waals surface area contributed by atoms with Gasteiger partial charge in [-0.25, -0.2) is 0 Å². The number of allylic oxidation sites excluding steroid dienone is 1. The highest BCUT2D eigenvalue weighted by molar-refractivity contribution is 6.56. The third-order valence-corrected chi connectivity index (χ3v) is 4.33. The standard InChI is InChI=1S/C13H11Cl2NO/c14-12(15)11-8-5-9(13(16)17)10(11)7-4-2-1-3-6(7)8/h1-4,8-10H,5H2,(H2,16,17). The van der Waals surface area contributed by atoms with Crippen LogP contribution in [0.4, 0.5) is 0 Å². The van der Waals surface area contributed by atoms with Crippen molar-refractivity contribution in [2.45, 2.75) is 18.3 Å². The van der Waals surface area contributed by atoms with E-state index in [1.807, 2.05) is 18.2 Å². The van der Waals surface area contributed by atoms with Crippen LogP contribution in [-0.2, 0) is 4.79 Å². The molecule has 2 aliphatic carbocycles. The molecule has 0 aromatic heterocycles. The zero-order chi connectivity index (χ0) is 12.2. The summed E-state index contributed by atoms with van der Waals surface area (Å²) >= 11 is 11.9. The summed E-state index contributed by atoms with van der Waals surface area (Å²) in [6.07, 6.45) is 0.731. The minimum absolute atomic E-state index is 0.0151. The molecule has 2 nitrogen and oxygen atoms in total. The van der Waals surface area contributed by atoms with Gasteiger partial charge >= 0.3 is 0 Å². The lowest BCUT2D eigenvalue weighted by atomic mass is 9.83. The Labute approximate surface area is 109 Å². The molecule has 17 heavy (non-hydrogen) atoms. The van der Waals surface area contributed by atoms with Crippen LogP contribution in [0, 0.1) is 5.92 Å². The van der Waals surface area contributed by atoms with Gasteiger partial charge < -0.3 is 5.73 Å². The molecule has 1 aromatic rings. The number of halogens is 2. The summed E-state index contributed by atoms with van der Waals surface area (Å²) in [5, 5.41) is 0. The van der Waals surface area contributed by atoms with Crippen LogP contribution in [0.1, 0.15) is 29.4 Å². The summed E-state index contributed by atoms with van der Waals surface area (Å²) < 4.78 is 0.292. The van der Waals surface area contributed by atoms with Crippen molar-refractivity contribution in [1.29, 1.82) is 0 Å². The Hall–Kier alpha value is -0.990. The van der Waals surface area contributed by atoms with Gasteiger partial charge in [-0.2, -0.15) is 0 Å². The molecule has 3 unspecified atom stereocenters. The lowest BCUT2D eigenvalue weighted by Gasteiger charge is -2.20. The van der Waals surface area contributed by atoms with Crippen molar-refractivity contribution >= 4 is 29.1 Å². The van der Waals surface area contributed by atoms with E-state index in [2.05, 4.69) is 6.07 Å². The predicted molar refractivity (Wildman–Crippen MR) is 68.0 cm³/mol. The molecule has 1 aromatic carbocycles. The highest BCUT2D eigenvalue weighted by Gasteiger charge is 2.50. The van der Waals surface area contributed by atoms with Crippen molar-refractivity contribution in [2.24, 2.45) is 11.7 Å². The Balaban J connectivity index is 2.20. The first-order chi connectivity index (χ1) is 8.11. The summed E-state index contributed by atoms with van der Waals surface area (Å²) in [6.45, 7) is 0. The number of carbonyl (C=O) groups is 1. The SMILES string of the molecule is NC(=O)C1CC2C(=C(Cl)Cl)C1c1ccccc12. The molecule has 0 spiro atoms. The highest BCUT2D eigenvalue weighted by Crippen LogP contribution is 2.61. The average molecular weight is 268 g/mol. The fraction of sp³-hybridized carbons (Fsp3) is 0.308. The van der Waals surface area contributed by atoms with Crippen molar-refractivity contribution in [3.8, 4) is 0 Å². The van der Waals surface area contributed by atoms with E-state index in [4.69, 9.17) is 28.9 Å². The number of rotatable bonds is 1. The predicted octanol–water partition coefficient (Wildman–Crippen LogP) is 3.06. The smallest absolute Gasteiger partial charge is 0.221 e. The molecule has 0 radical (unpaired) electrons. The molecule has 2 aliphatic rings. The van der Waals surface area contributed by atoms with Gasteiger partial charge in [-0.1, -0.05) is 47.5 Å². The first kappa shape index (κ1) is 11.1. The minimum atomic E-state index is -0.265. The lowest BCUT2D eigenvalue weighted by Crippen LogP contribution is -2.27. The third-order valence-electron chi connectivity index (χ3n) is 3.89. The summed E-state index contributed by atoms with van der Waals surface area (Å²) in [6, 6.07) is 8.08. The number of amides is 1. The first-order valence-corrected chi connectivity index (χ1v) is 6.30. The van der Waals surface area contributed by atoms with E-state index < -0.39 is 0 Å². The molecule has 88 valence electrons. The fourth-order valence-corrected chi connectivity index (χ4v) is 3.77. The molecular weight excluding hydrogens is 257 g/mol. The molecule has 1 amide bonds. The molecule has 0 aliphatic heterocycles. The zero-order valence-electron chi connectivity index (χ0n) is 8.99. The van der Waals surface area contributed by atoms with Gasteiger partial charge in [0.2, 0.25) is 5.91 Å². The van der Waals surface area contributed by atoms with Crippen LogP contribution in [0.2, 0.25) is 0 Å². The second-order valence-electron chi connectivity index (χ2n) is 4.62. The van der Waals surface area contributed by atoms with Crippen LogP contribution in [0.5, 0.6) is 0 Å². The van der Waals surface area contributed by atoms with Crippen molar-refractivity contribution < 1.29 is 4.79 Å². The van der Waals surface area contributed by atoms with Crippen LogP contribution in [-0.4, -0.2) is 5.91 Å². The Morgan fingerprint density at radius 3 is 2.47 bits per heavy atom. The lowest BCUT2D eigenvalue weighted by molar-refractivity contribution is -0.122. The van der Waals surface area contributed by atoms with E-state index in [-0.39, 0.29) is 23.7 Å². The van der Waals surface area contributed by atoms with E-state index in [1.165, 1.54) is 5.56 Å². The van der Waals surface area contributed by atoms with E-state index in [0.717, 1.165) is 17.6 Å². The maximum atomic E-state index is 11.5. The van der Waals surface area contributed by atoms with Crippen molar-refractivity contribution in [1.82, 2.24) is 0 Å². The number of fused-ring (bicyclic) bond motifs is 5. The Morgan fingerprint density at radius 2 is 1.88 bits per heavy atom. The summed E-state index contributed by atoms with van der Waals surface area (Å²) in [5.41, 5.74) is 8.82. The van der Waals surface area contributed by atoms with Crippen LogP contribution in [0.3, 0.4) is 0 Å². The van der Waals surface area contributed by atoms with Crippen LogP contribution in [0.25, 0.3) is 0 Å². The number of benzene rings is 1. The maximum absolute atomic E-state index is 11.5. The zero-order valence-corrected chi connectivity index (χ0v) is 10.5. The number of hydrogen-bond donors (Lipinski definition) is 1. The Kier molecular flexibility index (Phi) is 2.46. The molecule has 2 N–H and O–H groups in total. The number of primary amides is 1. The number of hydrogen-bond acceptors (Lipinski definition) is 1. The molecule has 4 heteroatoms. The summed E-state index contributed by atoms with van der Waals surface area (Å²) in [4.78, 5) is 11.5. The second kappa shape index (κ2) is 3.76. The van der Waals surface area contributed by atoms with Crippen LogP contribution in [0.15, 0.2) is 34.3 Å². The van der Waals surface area contributed by atoms with Gasteiger partial charge in [-0.05, 0) is 23.1 Å². The van der Waals surface area contributed by atoms with E-state index in [9.17, 15) is 4.79 Å². The van der Waals surface area contributed by atoms with Gasteiger partial charge in [0.05, 0.1) is 0 Å². The topological polar surface area (TPSA) is 43.1 Å². The highest BCUT2D eigenvalue weighted by atomic mass is 35.5. The minimum Gasteiger partial charge on any atom is -0.369 e. The molecule has 3 rings (SSSR count). The third kappa shape index (κ3) is 1.44. The monoisotopic (exact) mass is 267 g/mol. The average Bonchev–Trinajstić information content (AvgIpc) is 2.82. The van der Waals surface area contributed by atoms with Crippen molar-refractivity contribution in [3.05, 3.63) is 45.5 Å². The van der Waals surface area contributed by atoms with E-state index in [1.54, 1.807) is 0 Å². The summed E-state index contributed by atoms with van der Waals surface area (Å²) in [5.74, 6) is -0.283. The van der Waals surface area contributed by atoms with Crippen molar-refractivity contribution in [3.63, 3.8) is 0 Å². The quantitative estimate of drug-likeness (QED) is 0.835. The molecule has 1 fully saturated rings. The summed E-state index contributed by atoms with van der Waals surface area (Å²) in [7, 11) is 0. The molecule has 2 bridgehead atoms. The largest absolute Gasteiger partial charge is 0.369 e. The van der Waals surface area contributed by atoms with Crippen LogP contribution >= 0.6 is 23.2 Å². The normalized spacial score (nSPS) is 29.3. The van der Waals surface area contributed by atoms with Gasteiger partial charge in [-0.15, -0.1) is 0 Å². The number of carbonyl (C=O) groups excluding carboxylic acids is 1. The Bertz CT molecular complexity index is 534. The molecule has 0 heterocycles. The van der Waals surface area contributed by atoms with Gasteiger partial charge in [0.15, 0.2) is 0 Å². The van der Waals surface area contributed by atoms with Gasteiger partial charge in [0, 0.05) is 17.8 Å². The Morgan fingerprint density at radius 1 is 1.24 bits per heavy atom. The molecule has 0 saturated heterocycles. The molecule has 3 atom stereocenters. The van der Waals surface area contributed by atoms with E-state index >= 15 is 0 Å². The molecular formula is C13H11Cl2NO. The molecule has 1 saturated carbocycles. The first-order valence-electron chi connectivity index (χ1n) is 5.54. The van der Waals surface area contributed by atoms with E-state index in [0.29, 0.717) is 4.49 Å². The van der Waals surface area contributed by atoms with Crippen molar-refractivity contribution in [2.75, 3.05) is 0 Å². The second-order valence-corrected chi connectivity index (χ2v) is 5.57. The fourth-order valence-electron chi connectivity index (χ4n) is 3.27. The van der Waals surface area contributed by atoms with Gasteiger partial charge in [0.25, 0.3) is 0 Å². The van der Waals surface area contributed by atoms with Gasteiger partial charge in [0.1, 0.15) is 4.49 Å².